The summed E-state index contributed by atoms with van der Waals surface area (Å²) in [6.45, 7) is 15.9. The molecule has 0 aromatic rings. The lowest BCUT2D eigenvalue weighted by Crippen LogP contribution is -2.10. The van der Waals surface area contributed by atoms with Crippen molar-refractivity contribution in [3.63, 3.8) is 0 Å². The molecule has 0 saturated heterocycles. The van der Waals surface area contributed by atoms with E-state index in [-0.39, 0.29) is 5.97 Å². The number of rotatable bonds is 10. The Morgan fingerprint density at radius 3 is 2.05 bits per heavy atom. The number of aliphatic carboxylic acids is 1. The number of carbonyl (C=O) groups excluding carboxylic acids is 1. The van der Waals surface area contributed by atoms with Crippen LogP contribution in [-0.4, -0.2) is 23.7 Å². The molecule has 0 rings (SSSR count). The minimum absolute atomic E-state index is 0.220. The Labute approximate surface area is 135 Å². The maximum Gasteiger partial charge on any atom is 0.333 e. The summed E-state index contributed by atoms with van der Waals surface area (Å²) in [6, 6.07) is 0. The van der Waals surface area contributed by atoms with Gasteiger partial charge in [0.05, 0.1) is 6.61 Å². The highest BCUT2D eigenvalue weighted by Gasteiger charge is 2.09. The van der Waals surface area contributed by atoms with Gasteiger partial charge < -0.3 is 9.84 Å². The van der Waals surface area contributed by atoms with Gasteiger partial charge in [0.25, 0.3) is 0 Å². The summed E-state index contributed by atoms with van der Waals surface area (Å²) in [7, 11) is 0. The maximum absolute atomic E-state index is 11.5. The predicted molar refractivity (Wildman–Crippen MR) is 90.7 cm³/mol. The molecule has 0 heterocycles. The standard InChI is InChI=1S/C15H28O2.C3H4O2/c1-12(2)9-7-6-8-10-17-15(16)14(5)11-13(3)4;1-2-3(4)5/h12-13H,5-11H2,1-4H3;2H,1H2,(H,4,5). The molecule has 0 atom stereocenters. The molecule has 0 radical (unpaired) electrons. The largest absolute Gasteiger partial charge is 0.478 e. The number of carboxylic acid groups (broad SMARTS) is 1. The van der Waals surface area contributed by atoms with Crippen molar-refractivity contribution in [2.75, 3.05) is 6.61 Å². The van der Waals surface area contributed by atoms with Crippen LogP contribution in [0.1, 0.15) is 59.8 Å². The van der Waals surface area contributed by atoms with E-state index in [2.05, 4.69) is 40.9 Å². The van der Waals surface area contributed by atoms with Crippen molar-refractivity contribution in [1.29, 1.82) is 0 Å². The number of hydrogen-bond acceptors (Lipinski definition) is 3. The summed E-state index contributed by atoms with van der Waals surface area (Å²) in [5.74, 6) is 0.0250. The van der Waals surface area contributed by atoms with E-state index in [1.54, 1.807) is 0 Å². The van der Waals surface area contributed by atoms with E-state index >= 15 is 0 Å². The van der Waals surface area contributed by atoms with E-state index < -0.39 is 5.97 Å². The summed E-state index contributed by atoms with van der Waals surface area (Å²) in [6.07, 6.45) is 6.15. The fraction of sp³-hybridized carbons (Fsp3) is 0.667. The predicted octanol–water partition coefficient (Wildman–Crippen LogP) is 4.61. The Kier molecular flexibility index (Phi) is 14.8. The zero-order valence-electron chi connectivity index (χ0n) is 14.6. The maximum atomic E-state index is 11.5. The normalized spacial score (nSPS) is 9.91. The lowest BCUT2D eigenvalue weighted by molar-refractivity contribution is -0.139. The highest BCUT2D eigenvalue weighted by molar-refractivity contribution is 5.87. The molecule has 0 aliphatic carbocycles. The first-order chi connectivity index (χ1) is 10.2. The van der Waals surface area contributed by atoms with Crippen LogP contribution in [0.15, 0.2) is 24.8 Å². The number of hydrogen-bond donors (Lipinski definition) is 1. The Bertz CT molecular complexity index is 343. The molecule has 0 bridgehead atoms. The van der Waals surface area contributed by atoms with E-state index in [0.717, 1.165) is 31.3 Å². The smallest absolute Gasteiger partial charge is 0.333 e. The summed E-state index contributed by atoms with van der Waals surface area (Å²) >= 11 is 0. The molecule has 0 unspecified atom stereocenters. The van der Waals surface area contributed by atoms with Gasteiger partial charge in [0.1, 0.15) is 0 Å². The third kappa shape index (κ3) is 18.4. The van der Waals surface area contributed by atoms with Crippen LogP contribution in [0.25, 0.3) is 0 Å². The molecule has 0 aliphatic rings. The van der Waals surface area contributed by atoms with Crippen molar-refractivity contribution in [3.8, 4) is 0 Å². The molecule has 0 spiro atoms. The Hall–Kier alpha value is -1.58. The van der Waals surface area contributed by atoms with E-state index in [4.69, 9.17) is 9.84 Å². The molecular weight excluding hydrogens is 280 g/mol. The Morgan fingerprint density at radius 1 is 1.09 bits per heavy atom. The zero-order chi connectivity index (χ0) is 17.5. The summed E-state index contributed by atoms with van der Waals surface area (Å²) < 4.78 is 5.17. The number of carbonyl (C=O) groups is 2. The molecule has 0 aromatic carbocycles. The van der Waals surface area contributed by atoms with Gasteiger partial charge in [-0.1, -0.05) is 60.1 Å². The minimum atomic E-state index is -0.981. The number of unbranched alkanes of at least 4 members (excludes halogenated alkanes) is 2. The molecule has 0 fully saturated rings. The first kappa shape index (κ1) is 22.7. The second kappa shape index (κ2) is 14.4. The van der Waals surface area contributed by atoms with Gasteiger partial charge in [-0.25, -0.2) is 9.59 Å². The molecule has 4 nitrogen and oxygen atoms in total. The van der Waals surface area contributed by atoms with Gasteiger partial charge in [-0.15, -0.1) is 0 Å². The van der Waals surface area contributed by atoms with Gasteiger partial charge >= 0.3 is 11.9 Å². The van der Waals surface area contributed by atoms with Gasteiger partial charge in [-0.3, -0.25) is 0 Å². The first-order valence-electron chi connectivity index (χ1n) is 7.90. The van der Waals surface area contributed by atoms with Gasteiger partial charge in [-0.2, -0.15) is 0 Å². The van der Waals surface area contributed by atoms with Crippen LogP contribution in [0.4, 0.5) is 0 Å². The summed E-state index contributed by atoms with van der Waals surface area (Å²) in [4.78, 5) is 20.7. The fourth-order valence-corrected chi connectivity index (χ4v) is 1.67. The number of esters is 1. The van der Waals surface area contributed by atoms with E-state index in [0.29, 0.717) is 18.1 Å². The molecule has 0 amide bonds. The van der Waals surface area contributed by atoms with Crippen molar-refractivity contribution >= 4 is 11.9 Å². The first-order valence-corrected chi connectivity index (χ1v) is 7.90. The SMILES string of the molecule is C=C(CC(C)C)C(=O)OCCCCCC(C)C.C=CC(=O)O. The van der Waals surface area contributed by atoms with Crippen LogP contribution in [-0.2, 0) is 14.3 Å². The van der Waals surface area contributed by atoms with Gasteiger partial charge in [0, 0.05) is 11.6 Å². The summed E-state index contributed by atoms with van der Waals surface area (Å²) in [5, 5.41) is 7.60. The number of ether oxygens (including phenoxy) is 1. The van der Waals surface area contributed by atoms with Crippen molar-refractivity contribution in [3.05, 3.63) is 24.8 Å². The van der Waals surface area contributed by atoms with E-state index in [1.807, 2.05) is 0 Å². The molecular formula is C18H32O4. The number of carboxylic acids is 1. The molecule has 4 heteroatoms. The van der Waals surface area contributed by atoms with Gasteiger partial charge in [0.2, 0.25) is 0 Å². The van der Waals surface area contributed by atoms with Crippen LogP contribution in [0.5, 0.6) is 0 Å². The van der Waals surface area contributed by atoms with Crippen LogP contribution in [0.2, 0.25) is 0 Å². The van der Waals surface area contributed by atoms with Gasteiger partial charge in [-0.05, 0) is 24.7 Å². The van der Waals surface area contributed by atoms with Crippen LogP contribution >= 0.6 is 0 Å². The monoisotopic (exact) mass is 312 g/mol. The third-order valence-corrected chi connectivity index (χ3v) is 2.78. The van der Waals surface area contributed by atoms with E-state index in [1.165, 1.54) is 12.8 Å². The molecule has 0 saturated carbocycles. The van der Waals surface area contributed by atoms with Crippen molar-refractivity contribution in [2.45, 2.75) is 59.8 Å². The second-order valence-electron chi connectivity index (χ2n) is 6.12. The van der Waals surface area contributed by atoms with Crippen molar-refractivity contribution in [1.82, 2.24) is 0 Å². The Balaban J connectivity index is 0. The molecule has 0 aromatic heterocycles. The zero-order valence-corrected chi connectivity index (χ0v) is 14.6. The average molecular weight is 312 g/mol. The second-order valence-corrected chi connectivity index (χ2v) is 6.12. The third-order valence-electron chi connectivity index (χ3n) is 2.78. The highest BCUT2D eigenvalue weighted by atomic mass is 16.5. The van der Waals surface area contributed by atoms with Crippen LogP contribution in [0.3, 0.4) is 0 Å². The molecule has 22 heavy (non-hydrogen) atoms. The van der Waals surface area contributed by atoms with Gasteiger partial charge in [0.15, 0.2) is 0 Å². The molecule has 128 valence electrons. The molecule has 1 N–H and O–H groups in total. The summed E-state index contributed by atoms with van der Waals surface area (Å²) in [5.41, 5.74) is 0.599. The van der Waals surface area contributed by atoms with Crippen molar-refractivity contribution in [2.24, 2.45) is 11.8 Å². The Morgan fingerprint density at radius 2 is 1.64 bits per heavy atom. The lowest BCUT2D eigenvalue weighted by atomic mass is 10.0. The van der Waals surface area contributed by atoms with E-state index in [9.17, 15) is 9.59 Å². The quantitative estimate of drug-likeness (QED) is 0.363. The average Bonchev–Trinajstić information content (AvgIpc) is 2.41. The fourth-order valence-electron chi connectivity index (χ4n) is 1.67. The minimum Gasteiger partial charge on any atom is -0.478 e. The lowest BCUT2D eigenvalue weighted by Gasteiger charge is -2.09. The molecule has 0 aliphatic heterocycles. The topological polar surface area (TPSA) is 63.6 Å². The highest BCUT2D eigenvalue weighted by Crippen LogP contribution is 2.11. The van der Waals surface area contributed by atoms with Crippen molar-refractivity contribution < 1.29 is 19.4 Å². The van der Waals surface area contributed by atoms with Crippen LogP contribution in [0, 0.1) is 11.8 Å². The van der Waals surface area contributed by atoms with Crippen LogP contribution < -0.4 is 0 Å².